The van der Waals surface area contributed by atoms with Crippen molar-refractivity contribution in [3.8, 4) is 16.9 Å². The Kier molecular flexibility index (Phi) is 2.63. The maximum absolute atomic E-state index is 9.21. The van der Waals surface area contributed by atoms with Gasteiger partial charge in [-0.15, -0.1) is 0 Å². The summed E-state index contributed by atoms with van der Waals surface area (Å²) in [5.41, 5.74) is 1.97. The van der Waals surface area contributed by atoms with Crippen LogP contribution >= 0.6 is 11.6 Å². The van der Waals surface area contributed by atoms with Crippen molar-refractivity contribution < 1.29 is 14.0 Å². The van der Waals surface area contributed by atoms with Crippen LogP contribution in [0.2, 0.25) is 5.02 Å². The van der Waals surface area contributed by atoms with Gasteiger partial charge in [-0.05, 0) is 35.4 Å². The van der Waals surface area contributed by atoms with Crippen molar-refractivity contribution in [2.45, 2.75) is 6.61 Å². The fraction of sp³-hybridized carbons (Fsp3) is 0.143. The molecule has 0 fully saturated rings. The summed E-state index contributed by atoms with van der Waals surface area (Å²) < 4.78 is 26.6. The van der Waals surface area contributed by atoms with Gasteiger partial charge >= 0.3 is 0 Å². The SMILES string of the molecule is [2H]C([2H])([2H])Oc1ccc(CO)cc1-c1cccc(Cl)c1. The maximum atomic E-state index is 9.21. The Morgan fingerprint density at radius 3 is 2.88 bits per heavy atom. The first-order valence-corrected chi connectivity index (χ1v) is 5.45. The summed E-state index contributed by atoms with van der Waals surface area (Å²) >= 11 is 5.95. The van der Waals surface area contributed by atoms with E-state index in [0.717, 1.165) is 5.56 Å². The minimum Gasteiger partial charge on any atom is -0.496 e. The molecule has 88 valence electrons. The predicted molar refractivity (Wildman–Crippen MR) is 69.4 cm³/mol. The fourth-order valence-corrected chi connectivity index (χ4v) is 1.84. The molecule has 0 aliphatic heterocycles. The van der Waals surface area contributed by atoms with Gasteiger partial charge in [-0.2, -0.15) is 0 Å². The molecule has 0 aliphatic carbocycles. The summed E-state index contributed by atoms with van der Waals surface area (Å²) in [6.07, 6.45) is 0. The van der Waals surface area contributed by atoms with E-state index in [1.807, 2.05) is 0 Å². The molecule has 0 unspecified atom stereocenters. The largest absolute Gasteiger partial charge is 0.496 e. The molecule has 0 amide bonds. The van der Waals surface area contributed by atoms with Crippen LogP contribution < -0.4 is 4.74 Å². The van der Waals surface area contributed by atoms with Gasteiger partial charge in [0.25, 0.3) is 0 Å². The summed E-state index contributed by atoms with van der Waals surface area (Å²) in [5.74, 6) is 0.226. The lowest BCUT2D eigenvalue weighted by Crippen LogP contribution is -1.91. The molecule has 2 aromatic carbocycles. The molecule has 0 atom stereocenters. The van der Waals surface area contributed by atoms with Crippen LogP contribution in [0.1, 0.15) is 9.68 Å². The zero-order chi connectivity index (χ0) is 14.8. The lowest BCUT2D eigenvalue weighted by molar-refractivity contribution is 0.281. The molecule has 0 heterocycles. The number of ether oxygens (including phenoxy) is 1. The van der Waals surface area contributed by atoms with Crippen molar-refractivity contribution in [2.75, 3.05) is 7.04 Å². The number of benzene rings is 2. The van der Waals surface area contributed by atoms with Gasteiger partial charge in [-0.1, -0.05) is 29.8 Å². The molecule has 0 radical (unpaired) electrons. The highest BCUT2D eigenvalue weighted by Gasteiger charge is 2.07. The van der Waals surface area contributed by atoms with Crippen LogP contribution in [0, 0.1) is 0 Å². The average Bonchev–Trinajstić information content (AvgIpc) is 2.37. The molecule has 0 saturated heterocycles. The standard InChI is InChI=1S/C14H13ClO2/c1-17-14-6-5-10(9-16)7-13(14)11-3-2-4-12(15)8-11/h2-8,16H,9H2,1H3/i1D3. The first-order chi connectivity index (χ1) is 9.39. The van der Waals surface area contributed by atoms with Gasteiger partial charge in [0, 0.05) is 10.6 Å². The monoisotopic (exact) mass is 251 g/mol. The third-order valence-electron chi connectivity index (χ3n) is 2.47. The second-order valence-electron chi connectivity index (χ2n) is 3.60. The number of hydrogen-bond donors (Lipinski definition) is 1. The van der Waals surface area contributed by atoms with Gasteiger partial charge in [0.05, 0.1) is 17.8 Å². The smallest absolute Gasteiger partial charge is 0.126 e. The zero-order valence-corrected chi connectivity index (χ0v) is 9.74. The third kappa shape index (κ3) is 2.60. The summed E-state index contributed by atoms with van der Waals surface area (Å²) in [7, 11) is -2.53. The first kappa shape index (κ1) is 8.56. The highest BCUT2D eigenvalue weighted by Crippen LogP contribution is 2.32. The third-order valence-corrected chi connectivity index (χ3v) is 2.71. The van der Waals surface area contributed by atoms with Crippen molar-refractivity contribution in [2.24, 2.45) is 0 Å². The maximum Gasteiger partial charge on any atom is 0.126 e. The van der Waals surface area contributed by atoms with Crippen LogP contribution in [0.25, 0.3) is 11.1 Å². The molecule has 2 aromatic rings. The molecule has 2 rings (SSSR count). The van der Waals surface area contributed by atoms with Gasteiger partial charge < -0.3 is 9.84 Å². The van der Waals surface area contributed by atoms with E-state index in [0.29, 0.717) is 16.1 Å². The highest BCUT2D eigenvalue weighted by atomic mass is 35.5. The number of methoxy groups -OCH3 is 1. The van der Waals surface area contributed by atoms with E-state index in [1.165, 1.54) is 6.07 Å². The molecular formula is C14H13ClO2. The second-order valence-corrected chi connectivity index (χ2v) is 4.04. The Morgan fingerprint density at radius 2 is 2.18 bits per heavy atom. The van der Waals surface area contributed by atoms with Crippen LogP contribution in [0.3, 0.4) is 0 Å². The number of aliphatic hydroxyl groups is 1. The van der Waals surface area contributed by atoms with Gasteiger partial charge in [0.2, 0.25) is 0 Å². The Hall–Kier alpha value is -1.51. The number of halogens is 1. The molecule has 3 heteroatoms. The summed E-state index contributed by atoms with van der Waals surface area (Å²) in [6.45, 7) is -0.137. The van der Waals surface area contributed by atoms with Crippen molar-refractivity contribution >= 4 is 11.6 Å². The molecule has 0 spiro atoms. The Morgan fingerprint density at radius 1 is 1.29 bits per heavy atom. The zero-order valence-electron chi connectivity index (χ0n) is 12.0. The summed E-state index contributed by atoms with van der Waals surface area (Å²) in [5, 5.41) is 9.75. The minimum absolute atomic E-state index is 0.137. The molecule has 0 saturated carbocycles. The normalized spacial score (nSPS) is 13.6. The fourth-order valence-electron chi connectivity index (χ4n) is 1.65. The van der Waals surface area contributed by atoms with E-state index in [4.69, 9.17) is 20.5 Å². The molecule has 2 nitrogen and oxygen atoms in total. The van der Waals surface area contributed by atoms with Crippen LogP contribution in [0.5, 0.6) is 5.75 Å². The van der Waals surface area contributed by atoms with Gasteiger partial charge in [-0.25, -0.2) is 0 Å². The summed E-state index contributed by atoms with van der Waals surface area (Å²) in [4.78, 5) is 0. The van der Waals surface area contributed by atoms with E-state index in [-0.39, 0.29) is 12.4 Å². The number of rotatable bonds is 3. The lowest BCUT2D eigenvalue weighted by atomic mass is 10.0. The van der Waals surface area contributed by atoms with Gasteiger partial charge in [-0.3, -0.25) is 0 Å². The van der Waals surface area contributed by atoms with E-state index < -0.39 is 7.04 Å². The second kappa shape index (κ2) is 5.21. The van der Waals surface area contributed by atoms with Crippen molar-refractivity contribution in [1.82, 2.24) is 0 Å². The predicted octanol–water partition coefficient (Wildman–Crippen LogP) is 3.51. The molecule has 17 heavy (non-hydrogen) atoms. The van der Waals surface area contributed by atoms with Crippen LogP contribution in [0.4, 0.5) is 0 Å². The number of hydrogen-bond acceptors (Lipinski definition) is 2. The van der Waals surface area contributed by atoms with Crippen LogP contribution in [-0.4, -0.2) is 12.1 Å². The Bertz CT molecular complexity index is 612. The Balaban J connectivity index is 2.53. The van der Waals surface area contributed by atoms with Crippen LogP contribution in [-0.2, 0) is 6.61 Å². The molecule has 0 aliphatic rings. The van der Waals surface area contributed by atoms with E-state index >= 15 is 0 Å². The van der Waals surface area contributed by atoms with E-state index in [9.17, 15) is 5.11 Å². The van der Waals surface area contributed by atoms with Crippen LogP contribution in [0.15, 0.2) is 42.5 Å². The lowest BCUT2D eigenvalue weighted by Gasteiger charge is -2.10. The molecule has 1 N–H and O–H groups in total. The highest BCUT2D eigenvalue weighted by molar-refractivity contribution is 6.30. The summed E-state index contributed by atoms with van der Waals surface area (Å²) in [6, 6.07) is 11.9. The van der Waals surface area contributed by atoms with Crippen molar-refractivity contribution in [3.63, 3.8) is 0 Å². The quantitative estimate of drug-likeness (QED) is 0.905. The first-order valence-electron chi connectivity index (χ1n) is 6.58. The van der Waals surface area contributed by atoms with Crippen molar-refractivity contribution in [1.29, 1.82) is 0 Å². The van der Waals surface area contributed by atoms with Crippen molar-refractivity contribution in [3.05, 3.63) is 53.1 Å². The van der Waals surface area contributed by atoms with E-state index in [2.05, 4.69) is 0 Å². The Labute approximate surface area is 110 Å². The number of aliphatic hydroxyl groups excluding tert-OH is 1. The van der Waals surface area contributed by atoms with E-state index in [1.54, 1.807) is 36.4 Å². The molecular weight excluding hydrogens is 236 g/mol. The molecule has 0 aromatic heterocycles. The van der Waals surface area contributed by atoms with Gasteiger partial charge in [0.1, 0.15) is 5.75 Å². The average molecular weight is 252 g/mol. The van der Waals surface area contributed by atoms with Gasteiger partial charge in [0.15, 0.2) is 0 Å². The topological polar surface area (TPSA) is 29.5 Å². The molecule has 0 bridgehead atoms. The minimum atomic E-state index is -2.53.